The van der Waals surface area contributed by atoms with E-state index < -0.39 is 0 Å². The van der Waals surface area contributed by atoms with Gasteiger partial charge < -0.3 is 24.3 Å². The average Bonchev–Trinajstić information content (AvgIpc) is 2.91. The van der Waals surface area contributed by atoms with Gasteiger partial charge in [0.05, 0.1) is 33.6 Å². The summed E-state index contributed by atoms with van der Waals surface area (Å²) in [5.41, 5.74) is 2.01. The van der Waals surface area contributed by atoms with Crippen molar-refractivity contribution < 1.29 is 24.2 Å². The maximum Gasteiger partial charge on any atom is 0.281 e. The van der Waals surface area contributed by atoms with Gasteiger partial charge in [0.2, 0.25) is 0 Å². The molecule has 0 bridgehead atoms. The van der Waals surface area contributed by atoms with Gasteiger partial charge in [-0.2, -0.15) is 0 Å². The molecule has 1 aliphatic heterocycles. The van der Waals surface area contributed by atoms with Crippen LogP contribution in [0.2, 0.25) is 0 Å². The number of ether oxygens (including phenoxy) is 3. The maximum absolute atomic E-state index is 12.6. The zero-order valence-corrected chi connectivity index (χ0v) is 14.1. The summed E-state index contributed by atoms with van der Waals surface area (Å²) in [5, 5.41) is 12.4. The number of benzene rings is 2. The van der Waals surface area contributed by atoms with Crippen molar-refractivity contribution >= 4 is 17.3 Å². The highest BCUT2D eigenvalue weighted by Gasteiger charge is 2.35. The van der Waals surface area contributed by atoms with Crippen LogP contribution in [0.25, 0.3) is 0 Å². The van der Waals surface area contributed by atoms with Crippen molar-refractivity contribution in [1.82, 2.24) is 0 Å². The van der Waals surface area contributed by atoms with Crippen molar-refractivity contribution in [2.75, 3.05) is 26.2 Å². The molecule has 1 amide bonds. The number of methoxy groups -OCH3 is 3. The van der Waals surface area contributed by atoms with Crippen LogP contribution in [-0.4, -0.2) is 38.2 Å². The van der Waals surface area contributed by atoms with E-state index in [0.717, 1.165) is 5.56 Å². The smallest absolute Gasteiger partial charge is 0.281 e. The Morgan fingerprint density at radius 1 is 0.960 bits per heavy atom. The predicted octanol–water partition coefficient (Wildman–Crippen LogP) is 2.44. The first-order valence-electron chi connectivity index (χ1n) is 7.55. The number of nitrogens with zero attached hydrogens (tertiary/aromatic N) is 2. The topological polar surface area (TPSA) is 80.6 Å². The monoisotopic (exact) mass is 342 g/mol. The van der Waals surface area contributed by atoms with Crippen LogP contribution in [0, 0.1) is 0 Å². The Balaban J connectivity index is 2.02. The van der Waals surface area contributed by atoms with Gasteiger partial charge in [0.25, 0.3) is 5.91 Å². The molecule has 7 nitrogen and oxygen atoms in total. The SMILES string of the molecule is COc1cc(CN2C(=O)/C(=N\O)c3ccc(OC)cc32)cc(OC)c1. The van der Waals surface area contributed by atoms with Crippen molar-refractivity contribution in [3.8, 4) is 17.2 Å². The van der Waals surface area contributed by atoms with Gasteiger partial charge in [-0.15, -0.1) is 0 Å². The zero-order valence-electron chi connectivity index (χ0n) is 14.1. The molecule has 1 N–H and O–H groups in total. The van der Waals surface area contributed by atoms with Crippen molar-refractivity contribution in [3.05, 3.63) is 47.5 Å². The number of carbonyl (C=O) groups excluding carboxylic acids is 1. The lowest BCUT2D eigenvalue weighted by atomic mass is 10.1. The minimum Gasteiger partial charge on any atom is -0.497 e. The fraction of sp³-hybridized carbons (Fsp3) is 0.222. The van der Waals surface area contributed by atoms with Crippen LogP contribution in [-0.2, 0) is 11.3 Å². The van der Waals surface area contributed by atoms with Crippen molar-refractivity contribution in [2.45, 2.75) is 6.54 Å². The molecule has 0 saturated carbocycles. The van der Waals surface area contributed by atoms with Gasteiger partial charge in [-0.1, -0.05) is 5.16 Å². The molecule has 0 aromatic heterocycles. The molecule has 25 heavy (non-hydrogen) atoms. The number of fused-ring (bicyclic) bond motifs is 1. The van der Waals surface area contributed by atoms with E-state index in [-0.39, 0.29) is 18.2 Å². The summed E-state index contributed by atoms with van der Waals surface area (Å²) in [4.78, 5) is 14.2. The number of amides is 1. The molecular formula is C18H18N2O5. The van der Waals surface area contributed by atoms with Crippen molar-refractivity contribution in [2.24, 2.45) is 5.16 Å². The third kappa shape index (κ3) is 2.96. The van der Waals surface area contributed by atoms with Crippen LogP contribution >= 0.6 is 0 Å². The van der Waals surface area contributed by atoms with Crippen LogP contribution < -0.4 is 19.1 Å². The van der Waals surface area contributed by atoms with Gasteiger partial charge in [0.1, 0.15) is 17.2 Å². The molecule has 0 radical (unpaired) electrons. The molecule has 130 valence electrons. The Bertz CT molecular complexity index is 825. The van der Waals surface area contributed by atoms with E-state index in [1.165, 1.54) is 4.90 Å². The number of hydrogen-bond acceptors (Lipinski definition) is 6. The standard InChI is InChI=1S/C18H18N2O5/c1-23-12-4-5-15-16(9-12)20(18(21)17(15)19-22)10-11-6-13(24-2)8-14(7-11)25-3/h4-9,22H,10H2,1-3H3/b19-17-. The van der Waals surface area contributed by atoms with Gasteiger partial charge >= 0.3 is 0 Å². The second-order valence-corrected chi connectivity index (χ2v) is 5.44. The van der Waals surface area contributed by atoms with E-state index in [1.54, 1.807) is 45.6 Å². The van der Waals surface area contributed by atoms with Crippen LogP contribution in [0.5, 0.6) is 17.2 Å². The lowest BCUT2D eigenvalue weighted by Gasteiger charge is -2.18. The Hall–Kier alpha value is -3.22. The van der Waals surface area contributed by atoms with E-state index in [1.807, 2.05) is 12.1 Å². The third-order valence-electron chi connectivity index (χ3n) is 4.05. The highest BCUT2D eigenvalue weighted by atomic mass is 16.5. The normalized spacial score (nSPS) is 14.6. The summed E-state index contributed by atoms with van der Waals surface area (Å²) in [6.07, 6.45) is 0. The van der Waals surface area contributed by atoms with Gasteiger partial charge in [-0.05, 0) is 29.8 Å². The quantitative estimate of drug-likeness (QED) is 0.667. The second-order valence-electron chi connectivity index (χ2n) is 5.44. The van der Waals surface area contributed by atoms with Crippen LogP contribution in [0.15, 0.2) is 41.6 Å². The fourth-order valence-electron chi connectivity index (χ4n) is 2.81. The average molecular weight is 342 g/mol. The number of rotatable bonds is 5. The first kappa shape index (κ1) is 16.6. The van der Waals surface area contributed by atoms with E-state index >= 15 is 0 Å². The van der Waals surface area contributed by atoms with Gasteiger partial charge in [0, 0.05) is 17.7 Å². The summed E-state index contributed by atoms with van der Waals surface area (Å²) in [6, 6.07) is 10.6. The van der Waals surface area contributed by atoms with Crippen molar-refractivity contribution in [3.63, 3.8) is 0 Å². The van der Waals surface area contributed by atoms with E-state index in [2.05, 4.69) is 5.16 Å². The Labute approximate surface area is 145 Å². The van der Waals surface area contributed by atoms with Gasteiger partial charge in [-0.3, -0.25) is 4.79 Å². The first-order valence-corrected chi connectivity index (χ1v) is 7.55. The molecule has 0 spiro atoms. The third-order valence-corrected chi connectivity index (χ3v) is 4.05. The molecule has 0 saturated heterocycles. The number of carbonyl (C=O) groups is 1. The van der Waals surface area contributed by atoms with E-state index in [4.69, 9.17) is 14.2 Å². The molecule has 7 heteroatoms. The highest BCUT2D eigenvalue weighted by molar-refractivity contribution is 6.54. The van der Waals surface area contributed by atoms with Crippen LogP contribution in [0.3, 0.4) is 0 Å². The largest absolute Gasteiger partial charge is 0.497 e. The summed E-state index contributed by atoms with van der Waals surface area (Å²) < 4.78 is 15.8. The highest BCUT2D eigenvalue weighted by Crippen LogP contribution is 2.35. The summed E-state index contributed by atoms with van der Waals surface area (Å²) >= 11 is 0. The number of hydrogen-bond donors (Lipinski definition) is 1. The number of anilines is 1. The molecular weight excluding hydrogens is 324 g/mol. The molecule has 3 rings (SSSR count). The first-order chi connectivity index (χ1) is 12.1. The summed E-state index contributed by atoms with van der Waals surface area (Å²) in [7, 11) is 4.68. The minimum atomic E-state index is -0.382. The molecule has 1 heterocycles. The van der Waals surface area contributed by atoms with Gasteiger partial charge in [0.15, 0.2) is 5.71 Å². The second kappa shape index (κ2) is 6.72. The van der Waals surface area contributed by atoms with Gasteiger partial charge in [-0.25, -0.2) is 0 Å². The fourth-order valence-corrected chi connectivity index (χ4v) is 2.81. The lowest BCUT2D eigenvalue weighted by molar-refractivity contribution is -0.112. The summed E-state index contributed by atoms with van der Waals surface area (Å²) in [6.45, 7) is 0.269. The summed E-state index contributed by atoms with van der Waals surface area (Å²) in [5.74, 6) is 1.48. The zero-order chi connectivity index (χ0) is 18.0. The molecule has 1 aliphatic rings. The predicted molar refractivity (Wildman–Crippen MR) is 92.1 cm³/mol. The lowest BCUT2D eigenvalue weighted by Crippen LogP contribution is -2.29. The minimum absolute atomic E-state index is 0.00696. The molecule has 0 fully saturated rings. The number of oxime groups is 1. The molecule has 2 aromatic carbocycles. The Morgan fingerprint density at radius 3 is 2.16 bits per heavy atom. The van der Waals surface area contributed by atoms with Crippen LogP contribution in [0.4, 0.5) is 5.69 Å². The maximum atomic E-state index is 12.6. The van der Waals surface area contributed by atoms with E-state index in [0.29, 0.717) is 28.5 Å². The Morgan fingerprint density at radius 2 is 1.60 bits per heavy atom. The Kier molecular flexibility index (Phi) is 4.47. The molecule has 2 aromatic rings. The molecule has 0 atom stereocenters. The van der Waals surface area contributed by atoms with Crippen molar-refractivity contribution in [1.29, 1.82) is 0 Å². The van der Waals surface area contributed by atoms with Crippen LogP contribution in [0.1, 0.15) is 11.1 Å². The molecule has 0 aliphatic carbocycles. The van der Waals surface area contributed by atoms with E-state index in [9.17, 15) is 10.0 Å². The molecule has 0 unspecified atom stereocenters.